The van der Waals surface area contributed by atoms with Crippen molar-refractivity contribution in [1.82, 2.24) is 14.6 Å². The zero-order valence-corrected chi connectivity index (χ0v) is 20.0. The summed E-state index contributed by atoms with van der Waals surface area (Å²) in [5.74, 6) is 0.348. The maximum atomic E-state index is 13.4. The van der Waals surface area contributed by atoms with Crippen molar-refractivity contribution in [3.05, 3.63) is 85.6 Å². The van der Waals surface area contributed by atoms with E-state index >= 15 is 0 Å². The second kappa shape index (κ2) is 7.60. The molecular formula is C25H17BrN4O2S. The van der Waals surface area contributed by atoms with E-state index in [2.05, 4.69) is 26.0 Å². The molecule has 6 nitrogen and oxygen atoms in total. The van der Waals surface area contributed by atoms with E-state index in [9.17, 15) is 9.59 Å². The molecule has 0 aliphatic carbocycles. The van der Waals surface area contributed by atoms with E-state index in [1.165, 1.54) is 15.9 Å². The highest BCUT2D eigenvalue weighted by Crippen LogP contribution is 2.37. The Hall–Kier alpha value is -3.36. The zero-order valence-electron chi connectivity index (χ0n) is 17.6. The Kier molecular flexibility index (Phi) is 4.67. The van der Waals surface area contributed by atoms with Crippen LogP contribution < -0.4 is 15.0 Å². The first-order valence-corrected chi connectivity index (χ1v) is 12.2. The van der Waals surface area contributed by atoms with Crippen LogP contribution in [0.4, 0.5) is 5.69 Å². The lowest BCUT2D eigenvalue weighted by Crippen LogP contribution is -2.32. The summed E-state index contributed by atoms with van der Waals surface area (Å²) in [4.78, 5) is 33.6. The number of halogens is 1. The summed E-state index contributed by atoms with van der Waals surface area (Å²) in [6, 6.07) is 19.7. The topological polar surface area (TPSA) is 67.6 Å². The average Bonchev–Trinajstić information content (AvgIpc) is 3.45. The van der Waals surface area contributed by atoms with Gasteiger partial charge in [0.05, 0.1) is 11.3 Å². The molecule has 5 aromatic rings. The fraction of sp³-hybridized carbons (Fsp3) is 0.120. The first kappa shape index (κ1) is 20.3. The lowest BCUT2D eigenvalue weighted by Gasteiger charge is -2.15. The number of benzene rings is 3. The van der Waals surface area contributed by atoms with E-state index in [1.807, 2.05) is 67.6 Å². The number of aromatic nitrogens is 3. The molecule has 0 radical (unpaired) electrons. The van der Waals surface area contributed by atoms with Gasteiger partial charge in [0.2, 0.25) is 4.96 Å². The number of anilines is 1. The van der Waals surface area contributed by atoms with Crippen LogP contribution in [0.1, 0.15) is 18.9 Å². The maximum Gasteiger partial charge on any atom is 0.291 e. The summed E-state index contributed by atoms with van der Waals surface area (Å²) in [6.45, 7) is 2.62. The number of carbonyl (C=O) groups excluding carboxylic acids is 1. The Bertz CT molecular complexity index is 1700. The van der Waals surface area contributed by atoms with Gasteiger partial charge in [0, 0.05) is 22.1 Å². The minimum absolute atomic E-state index is 0.152. The third-order valence-electron chi connectivity index (χ3n) is 5.84. The fourth-order valence-corrected chi connectivity index (χ4v) is 5.75. The van der Waals surface area contributed by atoms with Crippen molar-refractivity contribution in [1.29, 1.82) is 0 Å². The van der Waals surface area contributed by atoms with Gasteiger partial charge in [0.25, 0.3) is 11.5 Å². The molecule has 0 N–H and O–H groups in total. The van der Waals surface area contributed by atoms with E-state index in [1.54, 1.807) is 4.90 Å². The van der Waals surface area contributed by atoms with Gasteiger partial charge in [-0.25, -0.2) is 0 Å². The highest BCUT2D eigenvalue weighted by atomic mass is 79.9. The Morgan fingerprint density at radius 1 is 1.00 bits per heavy atom. The van der Waals surface area contributed by atoms with Crippen molar-refractivity contribution in [2.24, 2.45) is 0 Å². The molecule has 162 valence electrons. The number of amides is 1. The van der Waals surface area contributed by atoms with Crippen LogP contribution in [0.25, 0.3) is 32.7 Å². The monoisotopic (exact) mass is 516 g/mol. The van der Waals surface area contributed by atoms with Gasteiger partial charge < -0.3 is 4.90 Å². The minimum atomic E-state index is -0.318. The molecular weight excluding hydrogens is 500 g/mol. The van der Waals surface area contributed by atoms with Gasteiger partial charge in [-0.1, -0.05) is 76.7 Å². The van der Waals surface area contributed by atoms with Crippen LogP contribution in [0.2, 0.25) is 0 Å². The van der Waals surface area contributed by atoms with E-state index in [-0.39, 0.29) is 11.5 Å². The molecule has 0 bridgehead atoms. The second-order valence-corrected chi connectivity index (χ2v) is 9.78. The average molecular weight is 517 g/mol. The highest BCUT2D eigenvalue weighted by molar-refractivity contribution is 9.10. The first-order valence-electron chi connectivity index (χ1n) is 10.6. The van der Waals surface area contributed by atoms with Crippen molar-refractivity contribution < 1.29 is 4.79 Å². The van der Waals surface area contributed by atoms with Gasteiger partial charge in [0.1, 0.15) is 4.53 Å². The number of thiazole rings is 1. The SMILES string of the molecule is CCCN1C(=O)/C(=c2\sc3nc(-c4cccc5ccccc45)nn3c2=O)c2cc(Br)ccc21. The van der Waals surface area contributed by atoms with Crippen LogP contribution in [0, 0.1) is 0 Å². The number of hydrogen-bond donors (Lipinski definition) is 0. The molecule has 1 amide bonds. The summed E-state index contributed by atoms with van der Waals surface area (Å²) in [7, 11) is 0. The van der Waals surface area contributed by atoms with Crippen molar-refractivity contribution in [3.8, 4) is 11.4 Å². The predicted molar refractivity (Wildman–Crippen MR) is 135 cm³/mol. The molecule has 1 aliphatic heterocycles. The van der Waals surface area contributed by atoms with E-state index in [0.29, 0.717) is 27.4 Å². The Morgan fingerprint density at radius 2 is 1.82 bits per heavy atom. The molecule has 0 fully saturated rings. The second-order valence-electron chi connectivity index (χ2n) is 7.89. The van der Waals surface area contributed by atoms with E-state index in [4.69, 9.17) is 0 Å². The van der Waals surface area contributed by atoms with E-state index in [0.717, 1.165) is 38.5 Å². The van der Waals surface area contributed by atoms with Crippen LogP contribution in [-0.4, -0.2) is 27.0 Å². The quantitative estimate of drug-likeness (QED) is 0.356. The zero-order chi connectivity index (χ0) is 22.7. The van der Waals surface area contributed by atoms with Crippen molar-refractivity contribution in [3.63, 3.8) is 0 Å². The molecule has 2 aromatic heterocycles. The normalized spacial score (nSPS) is 15.1. The van der Waals surface area contributed by atoms with Gasteiger partial charge in [-0.05, 0) is 35.4 Å². The van der Waals surface area contributed by atoms with Crippen molar-refractivity contribution in [2.75, 3.05) is 11.4 Å². The third-order valence-corrected chi connectivity index (χ3v) is 7.36. The predicted octanol–water partition coefficient (Wildman–Crippen LogP) is 4.41. The summed E-state index contributed by atoms with van der Waals surface area (Å²) in [6.07, 6.45) is 0.822. The van der Waals surface area contributed by atoms with Crippen LogP contribution >= 0.6 is 27.3 Å². The fourth-order valence-electron chi connectivity index (χ4n) is 4.39. The molecule has 0 unspecified atom stereocenters. The lowest BCUT2D eigenvalue weighted by molar-refractivity contribution is -0.113. The van der Waals surface area contributed by atoms with Crippen molar-refractivity contribution in [2.45, 2.75) is 13.3 Å². The molecule has 8 heteroatoms. The number of carbonyl (C=O) groups is 1. The number of nitrogens with zero attached hydrogens (tertiary/aromatic N) is 4. The molecule has 0 spiro atoms. The summed E-state index contributed by atoms with van der Waals surface area (Å²) in [5.41, 5.74) is 2.57. The van der Waals surface area contributed by atoms with Crippen LogP contribution in [0.3, 0.4) is 0 Å². The summed E-state index contributed by atoms with van der Waals surface area (Å²) >= 11 is 4.71. The van der Waals surface area contributed by atoms with Gasteiger partial charge in [0.15, 0.2) is 5.82 Å². The maximum absolute atomic E-state index is 13.4. The molecule has 3 aromatic carbocycles. The Morgan fingerprint density at radius 3 is 2.64 bits per heavy atom. The van der Waals surface area contributed by atoms with Gasteiger partial charge >= 0.3 is 0 Å². The Balaban J connectivity index is 1.58. The third kappa shape index (κ3) is 3.05. The molecule has 0 atom stereocenters. The lowest BCUT2D eigenvalue weighted by atomic mass is 10.0. The molecule has 3 heterocycles. The van der Waals surface area contributed by atoms with E-state index < -0.39 is 0 Å². The number of hydrogen-bond acceptors (Lipinski definition) is 5. The summed E-state index contributed by atoms with van der Waals surface area (Å²) in [5, 5.41) is 6.65. The summed E-state index contributed by atoms with van der Waals surface area (Å²) < 4.78 is 2.55. The minimum Gasteiger partial charge on any atom is -0.308 e. The van der Waals surface area contributed by atoms with Gasteiger partial charge in [-0.3, -0.25) is 9.59 Å². The smallest absolute Gasteiger partial charge is 0.291 e. The van der Waals surface area contributed by atoms with Crippen LogP contribution in [0.15, 0.2) is 69.9 Å². The van der Waals surface area contributed by atoms with Crippen LogP contribution in [-0.2, 0) is 4.79 Å². The number of rotatable bonds is 3. The molecule has 0 saturated carbocycles. The standard InChI is InChI=1S/C25H17BrN4O2S/c1-2-12-29-19-11-10-15(26)13-18(19)20(23(29)31)21-24(32)30-25(33-21)27-22(28-30)17-9-5-7-14-6-3-4-8-16(14)17/h3-11,13H,2,12H2,1H3/b21-20-. The highest BCUT2D eigenvalue weighted by Gasteiger charge is 2.34. The first-order chi connectivity index (χ1) is 16.1. The Labute approximate surface area is 200 Å². The molecule has 6 rings (SSSR count). The van der Waals surface area contributed by atoms with Crippen LogP contribution in [0.5, 0.6) is 0 Å². The van der Waals surface area contributed by atoms with Gasteiger partial charge in [-0.15, -0.1) is 5.10 Å². The van der Waals surface area contributed by atoms with Gasteiger partial charge in [-0.2, -0.15) is 9.50 Å². The molecule has 33 heavy (non-hydrogen) atoms. The molecule has 1 aliphatic rings. The number of fused-ring (bicyclic) bond motifs is 3. The van der Waals surface area contributed by atoms with Crippen molar-refractivity contribution >= 4 is 60.2 Å². The molecule has 0 saturated heterocycles. The largest absolute Gasteiger partial charge is 0.308 e.